The fourth-order valence-electron chi connectivity index (χ4n) is 10.2. The number of rotatable bonds is 14. The average molecular weight is 907 g/mol. The number of aromatic nitrogens is 3. The summed E-state index contributed by atoms with van der Waals surface area (Å²) in [5.41, 5.74) is 0.256. The molecular weight excluding hydrogens is 850 g/mol. The molecule has 1 amide bonds. The minimum Gasteiger partial charge on any atom is -0.475 e. The molecule has 6 heterocycles. The maximum atomic E-state index is 18.0. The molecule has 3 saturated heterocycles. The van der Waals surface area contributed by atoms with E-state index < -0.39 is 51.6 Å². The zero-order valence-electron chi connectivity index (χ0n) is 37.2. The van der Waals surface area contributed by atoms with Crippen LogP contribution in [0.5, 0.6) is 17.6 Å². The zero-order chi connectivity index (χ0) is 45.3. The third-order valence-electron chi connectivity index (χ3n) is 12.8. The molecule has 4 aliphatic heterocycles. The van der Waals surface area contributed by atoms with Crippen LogP contribution in [-0.2, 0) is 9.62 Å². The van der Waals surface area contributed by atoms with Crippen molar-refractivity contribution in [1.82, 2.24) is 24.8 Å². The van der Waals surface area contributed by atoms with Crippen molar-refractivity contribution in [1.29, 1.82) is 0 Å². The molecule has 0 spiro atoms. The van der Waals surface area contributed by atoms with Gasteiger partial charge in [0.15, 0.2) is 12.6 Å². The van der Waals surface area contributed by atoms with E-state index in [9.17, 15) is 14.4 Å². The highest BCUT2D eigenvalue weighted by atomic mass is 32.3. The van der Waals surface area contributed by atoms with Gasteiger partial charge in [-0.05, 0) is 78.2 Å². The Hall–Kier alpha value is -5.02. The summed E-state index contributed by atoms with van der Waals surface area (Å²) in [4.78, 5) is 36.8. The third kappa shape index (κ3) is 8.50. The summed E-state index contributed by atoms with van der Waals surface area (Å²) in [5, 5.41) is 14.1. The van der Waals surface area contributed by atoms with E-state index in [4.69, 9.17) is 33.9 Å². The first kappa shape index (κ1) is 45.5. The maximum absolute atomic E-state index is 18.0. The first-order valence-corrected chi connectivity index (χ1v) is 24.3. The molecule has 8 rings (SSSR count). The zero-order valence-corrected chi connectivity index (χ0v) is 38.0. The van der Waals surface area contributed by atoms with Crippen LogP contribution in [-0.4, -0.2) is 130 Å². The molecule has 0 saturated carbocycles. The standard InChI is InChI=1S/C47H57F3N6O7S/c1-7-14-64(15-8-2,16-9-3)17-13-35-37(49)12-11-30-18-34(62-28-59-6)19-36(38(30)35)41-40(50)42-39-43(53-45(52-42)61-27-47-20-29(5)22-54(47)23-31(48)21-47)55-24-32(10-4)56(46(57)63-58)25-33(55)26-60-44(39)51-41/h11-12,18-19,31-33,58H,5,7-10,14-16,20-28H2,1-4,6H3/t31-,32-,33+,47-/m1/s1. The van der Waals surface area contributed by atoms with Crippen molar-refractivity contribution in [3.05, 3.63) is 53.6 Å². The van der Waals surface area contributed by atoms with Crippen LogP contribution in [0.15, 0.2) is 36.4 Å². The predicted octanol–water partition coefficient (Wildman–Crippen LogP) is 8.84. The normalized spacial score (nSPS) is 22.1. The second-order valence-electron chi connectivity index (χ2n) is 17.4. The molecule has 0 radical (unpaired) electrons. The number of alkyl halides is 1. The molecule has 0 bridgehead atoms. The summed E-state index contributed by atoms with van der Waals surface area (Å²) in [6.07, 6.45) is 2.16. The van der Waals surface area contributed by atoms with E-state index in [-0.39, 0.29) is 91.5 Å². The number of anilines is 1. The Labute approximate surface area is 373 Å². The summed E-state index contributed by atoms with van der Waals surface area (Å²) in [6.45, 7) is 13.5. The highest BCUT2D eigenvalue weighted by molar-refractivity contribution is 8.37. The van der Waals surface area contributed by atoms with Gasteiger partial charge in [0.25, 0.3) is 0 Å². The van der Waals surface area contributed by atoms with Crippen molar-refractivity contribution in [2.24, 2.45) is 0 Å². The molecule has 13 nitrogen and oxygen atoms in total. The van der Waals surface area contributed by atoms with E-state index in [1.165, 1.54) is 18.1 Å². The highest BCUT2D eigenvalue weighted by Crippen LogP contribution is 2.50. The predicted molar refractivity (Wildman–Crippen MR) is 242 cm³/mol. The molecule has 64 heavy (non-hydrogen) atoms. The first-order chi connectivity index (χ1) is 30.9. The molecule has 0 aliphatic carbocycles. The van der Waals surface area contributed by atoms with Crippen molar-refractivity contribution < 1.29 is 47.1 Å². The lowest BCUT2D eigenvalue weighted by atomic mass is 9.93. The maximum Gasteiger partial charge on any atom is 0.441 e. The molecule has 2 aromatic heterocycles. The number of methoxy groups -OCH3 is 1. The van der Waals surface area contributed by atoms with Gasteiger partial charge in [-0.2, -0.15) is 25.3 Å². The molecule has 2 aromatic carbocycles. The quantitative estimate of drug-likeness (QED) is 0.0427. The minimum absolute atomic E-state index is 0.0114. The summed E-state index contributed by atoms with van der Waals surface area (Å²) in [7, 11) is 0.0642. The number of hydrogen-bond acceptors (Lipinski definition) is 12. The van der Waals surface area contributed by atoms with Crippen LogP contribution in [0.3, 0.4) is 0 Å². The fraction of sp³-hybridized carbons (Fsp3) is 0.532. The molecule has 1 N–H and O–H groups in total. The van der Waals surface area contributed by atoms with E-state index >= 15 is 8.78 Å². The van der Waals surface area contributed by atoms with Gasteiger partial charge in [0, 0.05) is 50.7 Å². The summed E-state index contributed by atoms with van der Waals surface area (Å²) in [6, 6.07) is 5.18. The third-order valence-corrected chi connectivity index (χ3v) is 17.0. The van der Waals surface area contributed by atoms with Gasteiger partial charge in [0.2, 0.25) is 5.88 Å². The van der Waals surface area contributed by atoms with E-state index in [2.05, 4.69) is 43.4 Å². The number of fused-ring (bicyclic) bond motifs is 4. The molecule has 3 fully saturated rings. The van der Waals surface area contributed by atoms with E-state index in [1.54, 1.807) is 18.2 Å². The van der Waals surface area contributed by atoms with Gasteiger partial charge in [0.05, 0.1) is 23.2 Å². The molecule has 0 unspecified atom stereocenters. The largest absolute Gasteiger partial charge is 0.475 e. The number of amides is 1. The second kappa shape index (κ2) is 18.8. The molecule has 4 aromatic rings. The van der Waals surface area contributed by atoms with Crippen molar-refractivity contribution in [3.8, 4) is 40.1 Å². The van der Waals surface area contributed by atoms with Crippen molar-refractivity contribution >= 4 is 43.6 Å². The number of ether oxygens (including phenoxy) is 4. The van der Waals surface area contributed by atoms with Gasteiger partial charge in [0.1, 0.15) is 53.4 Å². The Morgan fingerprint density at radius 1 is 1.03 bits per heavy atom. The minimum atomic E-state index is -1.42. The molecule has 17 heteroatoms. The van der Waals surface area contributed by atoms with E-state index in [0.29, 0.717) is 35.9 Å². The molecular formula is C47H57F3N6O7S. The van der Waals surface area contributed by atoms with Crippen LogP contribution in [0.4, 0.5) is 23.8 Å². The smallest absolute Gasteiger partial charge is 0.441 e. The number of carbonyl (C=O) groups excluding carboxylic acids is 1. The average Bonchev–Trinajstić information content (AvgIpc) is 3.69. The molecule has 4 aliphatic rings. The van der Waals surface area contributed by atoms with Gasteiger partial charge >= 0.3 is 12.1 Å². The Balaban J connectivity index is 1.35. The van der Waals surface area contributed by atoms with Gasteiger partial charge in [-0.1, -0.05) is 51.8 Å². The number of pyridine rings is 1. The van der Waals surface area contributed by atoms with Gasteiger partial charge < -0.3 is 23.8 Å². The van der Waals surface area contributed by atoms with Gasteiger partial charge in [-0.15, -0.1) is 0 Å². The lowest BCUT2D eigenvalue weighted by Gasteiger charge is -2.44. The molecule has 344 valence electrons. The number of halogens is 3. The van der Waals surface area contributed by atoms with Gasteiger partial charge in [-0.3, -0.25) is 14.7 Å². The first-order valence-electron chi connectivity index (χ1n) is 22.2. The number of carbonyl (C=O) groups is 1. The summed E-state index contributed by atoms with van der Waals surface area (Å²) in [5.74, 6) is 5.29. The van der Waals surface area contributed by atoms with Crippen LogP contribution in [0.2, 0.25) is 0 Å². The highest BCUT2D eigenvalue weighted by Gasteiger charge is 2.51. The van der Waals surface area contributed by atoms with E-state index in [1.807, 2.05) is 16.7 Å². The Morgan fingerprint density at radius 3 is 2.50 bits per heavy atom. The number of hydrogen-bond donors (Lipinski definition) is 1. The lowest BCUT2D eigenvalue weighted by molar-refractivity contribution is -0.191. The van der Waals surface area contributed by atoms with Crippen LogP contribution in [0, 0.1) is 22.8 Å². The Kier molecular flexibility index (Phi) is 13.4. The summed E-state index contributed by atoms with van der Waals surface area (Å²) >= 11 is 0. The number of nitrogens with zero attached hydrogens (tertiary/aromatic N) is 6. The number of benzene rings is 2. The van der Waals surface area contributed by atoms with Crippen LogP contribution < -0.4 is 19.1 Å². The Bertz CT molecular complexity index is 2490. The summed E-state index contributed by atoms with van der Waals surface area (Å²) < 4.78 is 73.4. The lowest BCUT2D eigenvalue weighted by Crippen LogP contribution is -2.61. The van der Waals surface area contributed by atoms with Crippen molar-refractivity contribution in [3.63, 3.8) is 0 Å². The fourth-order valence-corrected chi connectivity index (χ4v) is 13.8. The van der Waals surface area contributed by atoms with Gasteiger partial charge in [-0.25, -0.2) is 22.9 Å². The van der Waals surface area contributed by atoms with Crippen LogP contribution in [0.1, 0.15) is 71.8 Å². The SMILES string of the molecule is C=C1CN2C[C@H](F)C[C@@]2(COc2nc3c4c(nc(-c5cc(OCOC)cc6ccc(F)c(C#CS(CCC)(CCC)CCC)c56)c(F)c4n2)OC[C@@H]2CN(C(=O)OO)[C@H](CC)CN32)C1. The molecule has 4 atom stereocenters. The monoisotopic (exact) mass is 906 g/mol. The number of piperazine rings is 1. The van der Waals surface area contributed by atoms with Crippen molar-refractivity contribution in [2.45, 2.75) is 90.0 Å². The Morgan fingerprint density at radius 2 is 1.80 bits per heavy atom. The van der Waals surface area contributed by atoms with E-state index in [0.717, 1.165) is 42.1 Å². The van der Waals surface area contributed by atoms with Crippen LogP contribution >= 0.6 is 10.0 Å². The van der Waals surface area contributed by atoms with Crippen molar-refractivity contribution in [2.75, 3.05) is 75.5 Å². The van der Waals surface area contributed by atoms with Crippen LogP contribution in [0.25, 0.3) is 32.9 Å². The second-order valence-corrected chi connectivity index (χ2v) is 20.9. The topological polar surface area (TPSA) is 132 Å².